The average molecular weight is 333 g/mol. The summed E-state index contributed by atoms with van der Waals surface area (Å²) in [5, 5.41) is 8.31. The van der Waals surface area contributed by atoms with Gasteiger partial charge in [-0.1, -0.05) is 29.6 Å². The topological polar surface area (TPSA) is 56.7 Å². The fourth-order valence-electron chi connectivity index (χ4n) is 1.88. The summed E-state index contributed by atoms with van der Waals surface area (Å²) in [6.45, 7) is 0. The van der Waals surface area contributed by atoms with E-state index >= 15 is 0 Å². The van der Waals surface area contributed by atoms with Crippen molar-refractivity contribution in [1.29, 1.82) is 0 Å². The molecule has 94 valence electrons. The van der Waals surface area contributed by atoms with Crippen molar-refractivity contribution in [1.82, 2.24) is 15.0 Å². The van der Waals surface area contributed by atoms with Crippen LogP contribution in [0.2, 0.25) is 0 Å². The molecule has 0 bridgehead atoms. The number of rotatable bonds is 2. The van der Waals surface area contributed by atoms with E-state index in [1.807, 2.05) is 42.5 Å². The van der Waals surface area contributed by atoms with Gasteiger partial charge < -0.3 is 5.73 Å². The van der Waals surface area contributed by atoms with Gasteiger partial charge in [-0.3, -0.25) is 0 Å². The van der Waals surface area contributed by atoms with E-state index in [2.05, 4.69) is 26.2 Å². The first-order chi connectivity index (χ1) is 9.16. The predicted molar refractivity (Wildman–Crippen MR) is 82.5 cm³/mol. The second-order valence-corrected chi connectivity index (χ2v) is 5.31. The number of nitrogens with two attached hydrogens (primary N) is 1. The molecule has 0 spiro atoms. The lowest BCUT2D eigenvalue weighted by Gasteiger charge is -2.07. The molecular weight excluding hydrogens is 324 g/mol. The molecule has 0 amide bonds. The highest BCUT2D eigenvalue weighted by Gasteiger charge is 2.10. The van der Waals surface area contributed by atoms with Gasteiger partial charge in [0, 0.05) is 10.0 Å². The van der Waals surface area contributed by atoms with E-state index in [9.17, 15) is 0 Å². The van der Waals surface area contributed by atoms with E-state index in [0.29, 0.717) is 4.99 Å². The number of thiocarbonyl (C=S) groups is 1. The standard InChI is InChI=1S/C13H9BrN4S/c14-9-7-8(13(15)19)5-6-11(9)18-12-4-2-1-3-10(12)16-17-18/h1-7H,(H2,15,19). The van der Waals surface area contributed by atoms with Crippen LogP contribution in [-0.4, -0.2) is 20.0 Å². The van der Waals surface area contributed by atoms with Gasteiger partial charge >= 0.3 is 0 Å². The van der Waals surface area contributed by atoms with Crippen molar-refractivity contribution in [3.63, 3.8) is 0 Å². The Morgan fingerprint density at radius 3 is 2.74 bits per heavy atom. The van der Waals surface area contributed by atoms with Crippen molar-refractivity contribution >= 4 is 44.2 Å². The van der Waals surface area contributed by atoms with Crippen LogP contribution >= 0.6 is 28.1 Å². The molecule has 0 fully saturated rings. The quantitative estimate of drug-likeness (QED) is 0.733. The van der Waals surface area contributed by atoms with Crippen LogP contribution in [0, 0.1) is 0 Å². The average Bonchev–Trinajstić information content (AvgIpc) is 2.82. The predicted octanol–water partition coefficient (Wildman–Crippen LogP) is 2.82. The maximum absolute atomic E-state index is 5.62. The smallest absolute Gasteiger partial charge is 0.113 e. The Bertz CT molecular complexity index is 781. The molecular formula is C13H9BrN4S. The van der Waals surface area contributed by atoms with Crippen molar-refractivity contribution in [2.75, 3.05) is 0 Å². The number of para-hydroxylation sites is 1. The molecule has 0 unspecified atom stereocenters. The second-order valence-electron chi connectivity index (χ2n) is 4.02. The third-order valence-corrected chi connectivity index (χ3v) is 3.68. The van der Waals surface area contributed by atoms with Crippen molar-refractivity contribution in [3.8, 4) is 5.69 Å². The molecule has 0 atom stereocenters. The number of fused-ring (bicyclic) bond motifs is 1. The minimum atomic E-state index is 0.371. The van der Waals surface area contributed by atoms with E-state index < -0.39 is 0 Å². The molecule has 0 radical (unpaired) electrons. The van der Waals surface area contributed by atoms with Crippen LogP contribution in [0.4, 0.5) is 0 Å². The molecule has 19 heavy (non-hydrogen) atoms. The van der Waals surface area contributed by atoms with E-state index in [1.54, 1.807) is 4.68 Å². The van der Waals surface area contributed by atoms with Gasteiger partial charge in [-0.05, 0) is 46.3 Å². The summed E-state index contributed by atoms with van der Waals surface area (Å²) in [7, 11) is 0. The van der Waals surface area contributed by atoms with Gasteiger partial charge in [0.1, 0.15) is 10.5 Å². The fraction of sp³-hybridized carbons (Fsp3) is 0. The molecule has 0 aliphatic rings. The van der Waals surface area contributed by atoms with Crippen LogP contribution in [0.15, 0.2) is 46.9 Å². The van der Waals surface area contributed by atoms with Crippen molar-refractivity contribution in [2.24, 2.45) is 5.73 Å². The van der Waals surface area contributed by atoms with Crippen LogP contribution in [0.1, 0.15) is 5.56 Å². The lowest BCUT2D eigenvalue weighted by Crippen LogP contribution is -2.09. The maximum Gasteiger partial charge on any atom is 0.113 e. The van der Waals surface area contributed by atoms with Gasteiger partial charge in [-0.25, -0.2) is 4.68 Å². The van der Waals surface area contributed by atoms with Crippen LogP contribution in [0.5, 0.6) is 0 Å². The largest absolute Gasteiger partial charge is 0.389 e. The first kappa shape index (κ1) is 12.3. The Labute approximate surface area is 123 Å². The Morgan fingerprint density at radius 1 is 1.21 bits per heavy atom. The van der Waals surface area contributed by atoms with Crippen LogP contribution < -0.4 is 5.73 Å². The minimum Gasteiger partial charge on any atom is -0.389 e. The summed E-state index contributed by atoms with van der Waals surface area (Å²) in [6, 6.07) is 13.5. The summed E-state index contributed by atoms with van der Waals surface area (Å²) < 4.78 is 2.65. The third kappa shape index (κ3) is 2.13. The number of hydrogen-bond acceptors (Lipinski definition) is 3. The molecule has 3 aromatic rings. The van der Waals surface area contributed by atoms with Gasteiger partial charge in [0.25, 0.3) is 0 Å². The zero-order valence-corrected chi connectivity index (χ0v) is 12.1. The van der Waals surface area contributed by atoms with Gasteiger partial charge in [0.2, 0.25) is 0 Å². The molecule has 6 heteroatoms. The summed E-state index contributed by atoms with van der Waals surface area (Å²) in [6.07, 6.45) is 0. The van der Waals surface area contributed by atoms with Crippen LogP contribution in [0.25, 0.3) is 16.7 Å². The molecule has 0 saturated heterocycles. The highest BCUT2D eigenvalue weighted by atomic mass is 79.9. The molecule has 3 rings (SSSR count). The lowest BCUT2D eigenvalue weighted by molar-refractivity contribution is 0.821. The minimum absolute atomic E-state index is 0.371. The summed E-state index contributed by atoms with van der Waals surface area (Å²) in [5.41, 5.74) is 9.13. The fourth-order valence-corrected chi connectivity index (χ4v) is 2.55. The highest BCUT2D eigenvalue weighted by molar-refractivity contribution is 9.10. The molecule has 1 aromatic heterocycles. The molecule has 2 N–H and O–H groups in total. The third-order valence-electron chi connectivity index (χ3n) is 2.81. The normalized spacial score (nSPS) is 10.8. The molecule has 4 nitrogen and oxygen atoms in total. The first-order valence-corrected chi connectivity index (χ1v) is 6.77. The van der Waals surface area contributed by atoms with Gasteiger partial charge in [0.15, 0.2) is 0 Å². The molecule has 0 aliphatic heterocycles. The van der Waals surface area contributed by atoms with Crippen molar-refractivity contribution in [2.45, 2.75) is 0 Å². The Morgan fingerprint density at radius 2 is 2.00 bits per heavy atom. The molecule has 0 aliphatic carbocycles. The Kier molecular flexibility index (Phi) is 3.04. The van der Waals surface area contributed by atoms with Crippen molar-refractivity contribution < 1.29 is 0 Å². The zero-order valence-electron chi connectivity index (χ0n) is 9.75. The lowest BCUT2D eigenvalue weighted by atomic mass is 10.2. The number of nitrogens with zero attached hydrogens (tertiary/aromatic N) is 3. The second kappa shape index (κ2) is 4.71. The van der Waals surface area contributed by atoms with E-state index in [0.717, 1.165) is 26.8 Å². The Hall–Kier alpha value is -1.79. The van der Waals surface area contributed by atoms with Crippen molar-refractivity contribution in [3.05, 3.63) is 52.5 Å². The van der Waals surface area contributed by atoms with E-state index in [4.69, 9.17) is 18.0 Å². The SMILES string of the molecule is NC(=S)c1ccc(-n2nnc3ccccc32)c(Br)c1. The highest BCUT2D eigenvalue weighted by Crippen LogP contribution is 2.24. The summed E-state index contributed by atoms with van der Waals surface area (Å²) >= 11 is 8.48. The van der Waals surface area contributed by atoms with Crippen LogP contribution in [0.3, 0.4) is 0 Å². The van der Waals surface area contributed by atoms with Gasteiger partial charge in [0.05, 0.1) is 11.2 Å². The summed E-state index contributed by atoms with van der Waals surface area (Å²) in [4.78, 5) is 0.371. The van der Waals surface area contributed by atoms with Crippen LogP contribution in [-0.2, 0) is 0 Å². The molecule has 2 aromatic carbocycles. The molecule has 1 heterocycles. The van der Waals surface area contributed by atoms with E-state index in [-0.39, 0.29) is 0 Å². The number of aromatic nitrogens is 3. The van der Waals surface area contributed by atoms with Gasteiger partial charge in [-0.15, -0.1) is 5.10 Å². The zero-order chi connectivity index (χ0) is 13.4. The maximum atomic E-state index is 5.62. The number of hydrogen-bond donors (Lipinski definition) is 1. The van der Waals surface area contributed by atoms with Gasteiger partial charge in [-0.2, -0.15) is 0 Å². The monoisotopic (exact) mass is 332 g/mol. The first-order valence-electron chi connectivity index (χ1n) is 5.57. The number of halogens is 1. The number of benzene rings is 2. The Balaban J connectivity index is 2.19. The molecule has 0 saturated carbocycles. The summed E-state index contributed by atoms with van der Waals surface area (Å²) in [5.74, 6) is 0. The van der Waals surface area contributed by atoms with E-state index in [1.165, 1.54) is 0 Å².